The van der Waals surface area contributed by atoms with Gasteiger partial charge >= 0.3 is 0 Å². The van der Waals surface area contributed by atoms with E-state index in [1.807, 2.05) is 72.8 Å². The van der Waals surface area contributed by atoms with Crippen LogP contribution in [0.25, 0.3) is 0 Å². The molecule has 5 rings (SSSR count). The molecule has 4 N–H and O–H groups in total. The van der Waals surface area contributed by atoms with E-state index in [1.54, 1.807) is 0 Å². The number of ether oxygens (including phenoxy) is 4. The molecule has 6 heteroatoms. The Balaban J connectivity index is 1.45. The van der Waals surface area contributed by atoms with Crippen LogP contribution in [0.3, 0.4) is 0 Å². The third-order valence-corrected chi connectivity index (χ3v) is 7.93. The van der Waals surface area contributed by atoms with Crippen molar-refractivity contribution >= 4 is 0 Å². The second-order valence-electron chi connectivity index (χ2n) is 10.9. The highest BCUT2D eigenvalue weighted by atomic mass is 16.6. The van der Waals surface area contributed by atoms with Crippen LogP contribution in [0.1, 0.15) is 28.7 Å². The fraction of sp³-hybridized carbons (Fsp3) is 0.333. The van der Waals surface area contributed by atoms with Gasteiger partial charge in [0, 0.05) is 18.5 Å². The molecule has 6 atom stereocenters. The van der Waals surface area contributed by atoms with Crippen LogP contribution in [0.2, 0.25) is 0 Å². The van der Waals surface area contributed by atoms with Gasteiger partial charge in [0.1, 0.15) is 12.2 Å². The second kappa shape index (κ2) is 15.8. The summed E-state index contributed by atoms with van der Waals surface area (Å²) in [5, 5.41) is 0. The molecule has 0 bridgehead atoms. The fourth-order valence-electron chi connectivity index (χ4n) is 5.62. The highest BCUT2D eigenvalue weighted by Crippen LogP contribution is 2.37. The van der Waals surface area contributed by atoms with E-state index in [4.69, 9.17) is 30.4 Å². The quantitative estimate of drug-likeness (QED) is 0.206. The third kappa shape index (κ3) is 8.35. The molecule has 0 heterocycles. The SMILES string of the molecule is NCC(N)[C@@H]1C[C@H](OCc2ccccc2)[C@@H](OCc2ccccc2)[C@H](OCc2ccccc2)[C@H]1OCc1ccccc1. The van der Waals surface area contributed by atoms with E-state index in [1.165, 1.54) is 0 Å². The van der Waals surface area contributed by atoms with Crippen molar-refractivity contribution in [3.8, 4) is 0 Å². The van der Waals surface area contributed by atoms with E-state index in [0.717, 1.165) is 22.3 Å². The summed E-state index contributed by atoms with van der Waals surface area (Å²) in [5.41, 5.74) is 17.2. The summed E-state index contributed by atoms with van der Waals surface area (Å²) >= 11 is 0. The van der Waals surface area contributed by atoms with Gasteiger partial charge in [-0.25, -0.2) is 0 Å². The first kappa shape index (κ1) is 30.1. The molecule has 0 saturated heterocycles. The Labute approximate surface area is 249 Å². The number of benzene rings is 4. The molecule has 0 aliphatic heterocycles. The largest absolute Gasteiger partial charge is 0.371 e. The molecule has 4 aromatic rings. The molecule has 1 aliphatic rings. The van der Waals surface area contributed by atoms with Gasteiger partial charge in [-0.2, -0.15) is 0 Å². The topological polar surface area (TPSA) is 89.0 Å². The van der Waals surface area contributed by atoms with Crippen LogP contribution in [0.15, 0.2) is 121 Å². The highest BCUT2D eigenvalue weighted by molar-refractivity contribution is 5.17. The minimum atomic E-state index is -0.435. The molecule has 1 aliphatic carbocycles. The zero-order valence-corrected chi connectivity index (χ0v) is 24.0. The first-order valence-corrected chi connectivity index (χ1v) is 14.8. The van der Waals surface area contributed by atoms with E-state index in [2.05, 4.69) is 48.5 Å². The molecule has 6 nitrogen and oxygen atoms in total. The fourth-order valence-corrected chi connectivity index (χ4v) is 5.62. The maximum absolute atomic E-state index is 6.75. The van der Waals surface area contributed by atoms with Crippen molar-refractivity contribution in [2.75, 3.05) is 6.54 Å². The monoisotopic (exact) mass is 566 g/mol. The highest BCUT2D eigenvalue weighted by Gasteiger charge is 2.49. The van der Waals surface area contributed by atoms with Gasteiger partial charge in [0.15, 0.2) is 0 Å². The predicted octanol–water partition coefficient (Wildman–Crippen LogP) is 5.63. The third-order valence-electron chi connectivity index (χ3n) is 7.93. The average Bonchev–Trinajstić information content (AvgIpc) is 3.06. The Morgan fingerprint density at radius 1 is 0.500 bits per heavy atom. The van der Waals surface area contributed by atoms with Gasteiger partial charge in [-0.15, -0.1) is 0 Å². The van der Waals surface area contributed by atoms with Crippen LogP contribution < -0.4 is 11.5 Å². The molecule has 1 fully saturated rings. The summed E-state index contributed by atoms with van der Waals surface area (Å²) < 4.78 is 26.8. The number of hydrogen-bond donors (Lipinski definition) is 2. The summed E-state index contributed by atoms with van der Waals surface area (Å²) in [5.74, 6) is -0.0863. The Bertz CT molecular complexity index is 1290. The van der Waals surface area contributed by atoms with Crippen molar-refractivity contribution < 1.29 is 18.9 Å². The first-order valence-electron chi connectivity index (χ1n) is 14.8. The summed E-state index contributed by atoms with van der Waals surface area (Å²) in [6.45, 7) is 2.08. The summed E-state index contributed by atoms with van der Waals surface area (Å²) in [7, 11) is 0. The maximum atomic E-state index is 6.75. The van der Waals surface area contributed by atoms with E-state index in [0.29, 0.717) is 39.4 Å². The smallest absolute Gasteiger partial charge is 0.113 e. The Hall–Kier alpha value is -3.36. The normalized spacial score (nSPS) is 23.0. The predicted molar refractivity (Wildman–Crippen MR) is 165 cm³/mol. The van der Waals surface area contributed by atoms with Crippen molar-refractivity contribution in [3.63, 3.8) is 0 Å². The van der Waals surface area contributed by atoms with Gasteiger partial charge in [-0.1, -0.05) is 121 Å². The Morgan fingerprint density at radius 3 is 1.26 bits per heavy atom. The van der Waals surface area contributed by atoms with Gasteiger partial charge in [0.05, 0.1) is 38.6 Å². The standard InChI is InChI=1S/C36H42N2O4/c37-22-32(38)31-21-33(39-23-27-13-5-1-6-14-27)35(41-25-29-17-9-3-10-18-29)36(42-26-30-19-11-4-12-20-30)34(31)40-24-28-15-7-2-8-16-28/h1-20,31-36H,21-26,37-38H2/t31-,32?,33-,34-,35+,36+/m0/s1. The Kier molecular flexibility index (Phi) is 11.3. The molecular weight excluding hydrogens is 524 g/mol. The van der Waals surface area contributed by atoms with Crippen LogP contribution in [-0.2, 0) is 45.4 Å². The molecule has 42 heavy (non-hydrogen) atoms. The summed E-state index contributed by atoms with van der Waals surface area (Å²) in [4.78, 5) is 0. The number of rotatable bonds is 14. The van der Waals surface area contributed by atoms with Crippen LogP contribution in [-0.4, -0.2) is 37.0 Å². The molecule has 0 aromatic heterocycles. The lowest BCUT2D eigenvalue weighted by atomic mass is 9.76. The van der Waals surface area contributed by atoms with Crippen molar-refractivity contribution in [2.45, 2.75) is 63.3 Å². The molecule has 0 amide bonds. The van der Waals surface area contributed by atoms with Crippen molar-refractivity contribution in [1.82, 2.24) is 0 Å². The lowest BCUT2D eigenvalue weighted by Gasteiger charge is -2.47. The minimum Gasteiger partial charge on any atom is -0.371 e. The van der Waals surface area contributed by atoms with E-state index in [9.17, 15) is 0 Å². The van der Waals surface area contributed by atoms with Crippen molar-refractivity contribution in [1.29, 1.82) is 0 Å². The number of hydrogen-bond acceptors (Lipinski definition) is 6. The Morgan fingerprint density at radius 2 is 0.857 bits per heavy atom. The molecule has 0 radical (unpaired) electrons. The maximum Gasteiger partial charge on any atom is 0.113 e. The molecule has 0 spiro atoms. The van der Waals surface area contributed by atoms with Crippen LogP contribution in [0.4, 0.5) is 0 Å². The van der Waals surface area contributed by atoms with Crippen molar-refractivity contribution in [2.24, 2.45) is 17.4 Å². The lowest BCUT2D eigenvalue weighted by molar-refractivity contribution is -0.231. The average molecular weight is 567 g/mol. The van der Waals surface area contributed by atoms with Crippen LogP contribution in [0, 0.1) is 5.92 Å². The van der Waals surface area contributed by atoms with Gasteiger partial charge in [-0.05, 0) is 28.7 Å². The first-order chi connectivity index (χ1) is 20.7. The zero-order valence-electron chi connectivity index (χ0n) is 24.0. The summed E-state index contributed by atoms with van der Waals surface area (Å²) in [6.07, 6.45) is -0.789. The molecular formula is C36H42N2O4. The lowest BCUT2D eigenvalue weighted by Crippen LogP contribution is -2.61. The van der Waals surface area contributed by atoms with E-state index < -0.39 is 6.10 Å². The summed E-state index contributed by atoms with van der Waals surface area (Å²) in [6, 6.07) is 40.4. The van der Waals surface area contributed by atoms with Gasteiger partial charge < -0.3 is 30.4 Å². The van der Waals surface area contributed by atoms with Gasteiger partial charge in [0.25, 0.3) is 0 Å². The number of nitrogens with two attached hydrogens (primary N) is 2. The van der Waals surface area contributed by atoms with Crippen molar-refractivity contribution in [3.05, 3.63) is 144 Å². The van der Waals surface area contributed by atoms with Gasteiger partial charge in [-0.3, -0.25) is 0 Å². The van der Waals surface area contributed by atoms with E-state index >= 15 is 0 Å². The molecule has 4 aromatic carbocycles. The molecule has 1 saturated carbocycles. The van der Waals surface area contributed by atoms with E-state index in [-0.39, 0.29) is 30.3 Å². The second-order valence-corrected chi connectivity index (χ2v) is 10.9. The zero-order chi connectivity index (χ0) is 29.0. The molecule has 220 valence electrons. The minimum absolute atomic E-state index is 0.0863. The molecule has 1 unspecified atom stereocenters. The van der Waals surface area contributed by atoms with Crippen LogP contribution in [0.5, 0.6) is 0 Å². The van der Waals surface area contributed by atoms with Gasteiger partial charge in [0.2, 0.25) is 0 Å². The van der Waals surface area contributed by atoms with Crippen LogP contribution >= 0.6 is 0 Å².